The largest absolute Gasteiger partial charge is 0.370 e. The van der Waals surface area contributed by atoms with Gasteiger partial charge in [0.1, 0.15) is 5.82 Å². The van der Waals surface area contributed by atoms with Gasteiger partial charge in [-0.15, -0.1) is 0 Å². The maximum atomic E-state index is 12.7. The number of benzene rings is 1. The van der Waals surface area contributed by atoms with Crippen molar-refractivity contribution in [3.8, 4) is 11.3 Å². The number of amides is 2. The SMILES string of the molecule is Cc1nc(NCCC(=O)NO)ccc1C(=O)Nc1ccc(Cl)c(-c2ccccn2)c1. The topological polar surface area (TPSA) is 116 Å². The molecule has 0 saturated heterocycles. The van der Waals surface area contributed by atoms with Crippen molar-refractivity contribution in [3.63, 3.8) is 0 Å². The van der Waals surface area contributed by atoms with Gasteiger partial charge in [-0.1, -0.05) is 17.7 Å². The molecule has 3 aromatic rings. The van der Waals surface area contributed by atoms with Crippen molar-refractivity contribution in [3.05, 3.63) is 71.0 Å². The minimum atomic E-state index is -0.497. The molecule has 9 heteroatoms. The van der Waals surface area contributed by atoms with E-state index in [4.69, 9.17) is 16.8 Å². The Morgan fingerprint density at radius 1 is 1.13 bits per heavy atom. The summed E-state index contributed by atoms with van der Waals surface area (Å²) in [6, 6.07) is 14.0. The van der Waals surface area contributed by atoms with Crippen molar-refractivity contribution in [2.24, 2.45) is 0 Å². The van der Waals surface area contributed by atoms with E-state index in [1.165, 1.54) is 0 Å². The van der Waals surface area contributed by atoms with Gasteiger partial charge in [0.05, 0.1) is 22.0 Å². The Hall–Kier alpha value is -3.49. The summed E-state index contributed by atoms with van der Waals surface area (Å²) in [4.78, 5) is 32.4. The van der Waals surface area contributed by atoms with Crippen LogP contribution in [0.3, 0.4) is 0 Å². The molecule has 0 aliphatic carbocycles. The fraction of sp³-hybridized carbons (Fsp3) is 0.143. The van der Waals surface area contributed by atoms with Gasteiger partial charge in [-0.3, -0.25) is 19.8 Å². The van der Waals surface area contributed by atoms with Crippen molar-refractivity contribution in [2.75, 3.05) is 17.2 Å². The van der Waals surface area contributed by atoms with Crippen molar-refractivity contribution in [2.45, 2.75) is 13.3 Å². The molecule has 0 spiro atoms. The van der Waals surface area contributed by atoms with Crippen molar-refractivity contribution < 1.29 is 14.8 Å². The van der Waals surface area contributed by atoms with E-state index >= 15 is 0 Å². The molecule has 2 heterocycles. The molecule has 0 aliphatic rings. The molecule has 0 aliphatic heterocycles. The quantitative estimate of drug-likeness (QED) is 0.339. The van der Waals surface area contributed by atoms with Crippen LogP contribution in [0, 0.1) is 6.92 Å². The van der Waals surface area contributed by atoms with Crippen LogP contribution in [0.15, 0.2) is 54.7 Å². The molecular weight excluding hydrogens is 406 g/mol. The highest BCUT2D eigenvalue weighted by Crippen LogP contribution is 2.29. The molecule has 0 bridgehead atoms. The molecule has 0 unspecified atom stereocenters. The second-order valence-electron chi connectivity index (χ2n) is 6.40. The molecule has 1 aromatic carbocycles. The van der Waals surface area contributed by atoms with Crippen LogP contribution in [0.4, 0.5) is 11.5 Å². The van der Waals surface area contributed by atoms with Gasteiger partial charge in [0, 0.05) is 30.4 Å². The van der Waals surface area contributed by atoms with Gasteiger partial charge in [-0.2, -0.15) is 0 Å². The lowest BCUT2D eigenvalue weighted by molar-refractivity contribution is -0.128. The highest BCUT2D eigenvalue weighted by Gasteiger charge is 2.13. The lowest BCUT2D eigenvalue weighted by atomic mass is 10.1. The molecule has 8 nitrogen and oxygen atoms in total. The summed E-state index contributed by atoms with van der Waals surface area (Å²) in [5.74, 6) is -0.275. The van der Waals surface area contributed by atoms with E-state index in [-0.39, 0.29) is 12.3 Å². The molecular formula is C21H20ClN5O3. The van der Waals surface area contributed by atoms with Crippen LogP contribution in [0.2, 0.25) is 5.02 Å². The molecule has 0 atom stereocenters. The zero-order valence-corrected chi connectivity index (χ0v) is 16.9. The fourth-order valence-electron chi connectivity index (χ4n) is 2.78. The lowest BCUT2D eigenvalue weighted by Crippen LogP contribution is -2.21. The number of hydrogen-bond donors (Lipinski definition) is 4. The van der Waals surface area contributed by atoms with Gasteiger partial charge in [0.15, 0.2) is 0 Å². The first-order chi connectivity index (χ1) is 14.5. The summed E-state index contributed by atoms with van der Waals surface area (Å²) in [5.41, 5.74) is 4.53. The third kappa shape index (κ3) is 5.31. The molecule has 2 aromatic heterocycles. The summed E-state index contributed by atoms with van der Waals surface area (Å²) in [5, 5.41) is 14.8. The Morgan fingerprint density at radius 3 is 2.67 bits per heavy atom. The van der Waals surface area contributed by atoms with E-state index in [9.17, 15) is 9.59 Å². The maximum Gasteiger partial charge on any atom is 0.257 e. The monoisotopic (exact) mass is 425 g/mol. The Bertz CT molecular complexity index is 1060. The Labute approximate surface area is 178 Å². The molecule has 0 radical (unpaired) electrons. The second kappa shape index (κ2) is 9.82. The van der Waals surface area contributed by atoms with Crippen molar-refractivity contribution in [1.29, 1.82) is 0 Å². The van der Waals surface area contributed by atoms with Crippen LogP contribution in [-0.4, -0.2) is 33.5 Å². The minimum Gasteiger partial charge on any atom is -0.370 e. The van der Waals surface area contributed by atoms with Gasteiger partial charge < -0.3 is 10.6 Å². The standard InChI is InChI=1S/C21H20ClN5O3/c1-13-15(6-8-19(25-13)24-11-9-20(28)27-30)21(29)26-14-5-7-17(22)16(12-14)18-4-2-3-10-23-18/h2-8,10,12,30H,9,11H2,1H3,(H,24,25)(H,26,29)(H,27,28). The maximum absolute atomic E-state index is 12.7. The number of hydroxylamine groups is 1. The summed E-state index contributed by atoms with van der Waals surface area (Å²) < 4.78 is 0. The minimum absolute atomic E-state index is 0.0919. The number of rotatable bonds is 7. The number of aryl methyl sites for hydroxylation is 1. The van der Waals surface area contributed by atoms with E-state index in [0.29, 0.717) is 40.0 Å². The summed E-state index contributed by atoms with van der Waals surface area (Å²) in [7, 11) is 0. The van der Waals surface area contributed by atoms with Crippen LogP contribution in [0.5, 0.6) is 0 Å². The second-order valence-corrected chi connectivity index (χ2v) is 6.81. The summed E-state index contributed by atoms with van der Waals surface area (Å²) in [6.45, 7) is 2.02. The summed E-state index contributed by atoms with van der Waals surface area (Å²) in [6.07, 6.45) is 1.77. The summed E-state index contributed by atoms with van der Waals surface area (Å²) >= 11 is 6.29. The average Bonchev–Trinajstić information content (AvgIpc) is 2.75. The van der Waals surface area contributed by atoms with Crippen LogP contribution in [0.1, 0.15) is 22.5 Å². The van der Waals surface area contributed by atoms with E-state index < -0.39 is 5.91 Å². The number of carbonyl (C=O) groups is 2. The highest BCUT2D eigenvalue weighted by molar-refractivity contribution is 6.33. The fourth-order valence-corrected chi connectivity index (χ4v) is 2.99. The van der Waals surface area contributed by atoms with Crippen molar-refractivity contribution in [1.82, 2.24) is 15.4 Å². The van der Waals surface area contributed by atoms with Crippen LogP contribution in [-0.2, 0) is 4.79 Å². The van der Waals surface area contributed by atoms with E-state index in [1.54, 1.807) is 48.9 Å². The lowest BCUT2D eigenvalue weighted by Gasteiger charge is -2.11. The normalized spacial score (nSPS) is 10.4. The van der Waals surface area contributed by atoms with Gasteiger partial charge in [-0.25, -0.2) is 10.5 Å². The number of halogens is 1. The van der Waals surface area contributed by atoms with Crippen LogP contribution >= 0.6 is 11.6 Å². The first-order valence-electron chi connectivity index (χ1n) is 9.14. The number of pyridine rings is 2. The average molecular weight is 426 g/mol. The third-order valence-corrected chi connectivity index (χ3v) is 4.61. The zero-order valence-electron chi connectivity index (χ0n) is 16.1. The molecule has 4 N–H and O–H groups in total. The van der Waals surface area contributed by atoms with E-state index in [2.05, 4.69) is 20.6 Å². The van der Waals surface area contributed by atoms with Crippen molar-refractivity contribution >= 4 is 34.9 Å². The zero-order chi connectivity index (χ0) is 21.5. The van der Waals surface area contributed by atoms with Gasteiger partial charge >= 0.3 is 0 Å². The molecule has 154 valence electrons. The Kier molecular flexibility index (Phi) is 6.95. The number of aromatic nitrogens is 2. The first-order valence-corrected chi connectivity index (χ1v) is 9.52. The van der Waals surface area contributed by atoms with E-state index in [0.717, 1.165) is 5.56 Å². The van der Waals surface area contributed by atoms with Gasteiger partial charge in [-0.05, 0) is 49.4 Å². The molecule has 30 heavy (non-hydrogen) atoms. The predicted molar refractivity (Wildman–Crippen MR) is 115 cm³/mol. The third-order valence-electron chi connectivity index (χ3n) is 4.28. The molecule has 3 rings (SSSR count). The number of nitrogens with zero attached hydrogens (tertiary/aromatic N) is 2. The van der Waals surface area contributed by atoms with Gasteiger partial charge in [0.2, 0.25) is 5.91 Å². The number of anilines is 2. The molecule has 0 saturated carbocycles. The van der Waals surface area contributed by atoms with Crippen LogP contribution in [0.25, 0.3) is 11.3 Å². The number of carbonyl (C=O) groups excluding carboxylic acids is 2. The Morgan fingerprint density at radius 2 is 1.97 bits per heavy atom. The first kappa shape index (κ1) is 21.2. The molecule has 0 fully saturated rings. The highest BCUT2D eigenvalue weighted by atomic mass is 35.5. The smallest absolute Gasteiger partial charge is 0.257 e. The number of hydrogen-bond acceptors (Lipinski definition) is 6. The van der Waals surface area contributed by atoms with E-state index in [1.807, 2.05) is 18.2 Å². The number of nitrogens with one attached hydrogen (secondary N) is 3. The molecule has 2 amide bonds. The predicted octanol–water partition coefficient (Wildman–Crippen LogP) is 3.67. The van der Waals surface area contributed by atoms with Crippen LogP contribution < -0.4 is 16.1 Å². The van der Waals surface area contributed by atoms with Gasteiger partial charge in [0.25, 0.3) is 5.91 Å². The Balaban J connectivity index is 1.71.